The Bertz CT molecular complexity index is 581. The summed E-state index contributed by atoms with van der Waals surface area (Å²) in [6.07, 6.45) is 0. The fourth-order valence-electron chi connectivity index (χ4n) is 2.75. The molecule has 0 atom stereocenters. The van der Waals surface area contributed by atoms with Crippen LogP contribution in [-0.2, 0) is 6.54 Å². The Morgan fingerprint density at radius 3 is 2.46 bits per heavy atom. The zero-order valence-corrected chi connectivity index (χ0v) is 18.4. The van der Waals surface area contributed by atoms with Crippen molar-refractivity contribution in [2.45, 2.75) is 46.7 Å². The van der Waals surface area contributed by atoms with E-state index in [1.807, 2.05) is 37.2 Å². The number of anilines is 1. The Labute approximate surface area is 163 Å². The van der Waals surface area contributed by atoms with Crippen LogP contribution in [0.2, 0.25) is 0 Å². The number of hydrogen-bond acceptors (Lipinski definition) is 3. The van der Waals surface area contributed by atoms with Crippen molar-refractivity contribution in [1.29, 1.82) is 0 Å². The van der Waals surface area contributed by atoms with E-state index in [4.69, 9.17) is 4.99 Å². The molecule has 24 heavy (non-hydrogen) atoms. The van der Waals surface area contributed by atoms with Crippen molar-refractivity contribution in [2.24, 2.45) is 10.4 Å². The highest BCUT2D eigenvalue weighted by atomic mass is 127. The number of aromatic nitrogens is 1. The highest BCUT2D eigenvalue weighted by Crippen LogP contribution is 2.46. The maximum atomic E-state index is 4.82. The summed E-state index contributed by atoms with van der Waals surface area (Å²) >= 11 is 0. The summed E-state index contributed by atoms with van der Waals surface area (Å²) in [6, 6.07) is 6.08. The SMILES string of the molecule is CCNC(=NCc1cccc(N(C)C)n1)N1CC(C)(C)C1(C)C.I. The standard InChI is InChI=1S/C18H31N5.HI/c1-8-19-16(23-13-17(2,3)18(23,4)5)20-12-14-10-9-11-15(21-14)22(6)7;/h9-11H,8,12-13H2,1-7H3,(H,19,20);1H. The molecule has 6 heteroatoms. The molecule has 1 N–H and O–H groups in total. The van der Waals surface area contributed by atoms with Gasteiger partial charge in [-0.3, -0.25) is 0 Å². The molecule has 0 aromatic carbocycles. The van der Waals surface area contributed by atoms with Gasteiger partial charge in [-0.15, -0.1) is 24.0 Å². The maximum absolute atomic E-state index is 4.82. The van der Waals surface area contributed by atoms with Gasteiger partial charge in [0.25, 0.3) is 0 Å². The molecule has 1 aliphatic rings. The smallest absolute Gasteiger partial charge is 0.194 e. The molecule has 1 saturated heterocycles. The van der Waals surface area contributed by atoms with Crippen molar-refractivity contribution in [3.63, 3.8) is 0 Å². The van der Waals surface area contributed by atoms with E-state index in [0.29, 0.717) is 12.0 Å². The maximum Gasteiger partial charge on any atom is 0.194 e. The number of likely N-dealkylation sites (tertiary alicyclic amines) is 1. The van der Waals surface area contributed by atoms with E-state index in [1.165, 1.54) is 0 Å². The Balaban J connectivity index is 0.00000288. The minimum atomic E-state index is 0. The van der Waals surface area contributed by atoms with Gasteiger partial charge in [0.05, 0.1) is 12.2 Å². The summed E-state index contributed by atoms with van der Waals surface area (Å²) in [5, 5.41) is 3.42. The highest BCUT2D eigenvalue weighted by molar-refractivity contribution is 14.0. The van der Waals surface area contributed by atoms with Crippen LogP contribution in [0.4, 0.5) is 5.82 Å². The highest BCUT2D eigenvalue weighted by Gasteiger charge is 2.53. The minimum absolute atomic E-state index is 0. The quantitative estimate of drug-likeness (QED) is 0.439. The number of nitrogens with zero attached hydrogens (tertiary/aromatic N) is 4. The van der Waals surface area contributed by atoms with Crippen LogP contribution >= 0.6 is 24.0 Å². The molecule has 1 aromatic heterocycles. The van der Waals surface area contributed by atoms with Gasteiger partial charge >= 0.3 is 0 Å². The van der Waals surface area contributed by atoms with E-state index in [-0.39, 0.29) is 29.5 Å². The van der Waals surface area contributed by atoms with Crippen LogP contribution in [0.25, 0.3) is 0 Å². The number of hydrogen-bond donors (Lipinski definition) is 1. The molecule has 2 heterocycles. The van der Waals surface area contributed by atoms with Gasteiger partial charge in [0, 0.05) is 38.1 Å². The first-order chi connectivity index (χ1) is 10.7. The van der Waals surface area contributed by atoms with E-state index < -0.39 is 0 Å². The molecular formula is C18H32IN5. The van der Waals surface area contributed by atoms with Crippen LogP contribution in [-0.4, -0.2) is 48.6 Å². The lowest BCUT2D eigenvalue weighted by Crippen LogP contribution is -2.72. The summed E-state index contributed by atoms with van der Waals surface area (Å²) in [5.74, 6) is 1.95. The van der Waals surface area contributed by atoms with Crippen molar-refractivity contribution < 1.29 is 0 Å². The third kappa shape index (κ3) is 4.13. The van der Waals surface area contributed by atoms with Gasteiger partial charge in [0.2, 0.25) is 0 Å². The third-order valence-electron chi connectivity index (χ3n) is 5.12. The van der Waals surface area contributed by atoms with Crippen molar-refractivity contribution >= 4 is 35.8 Å². The summed E-state index contributed by atoms with van der Waals surface area (Å²) in [4.78, 5) is 13.8. The summed E-state index contributed by atoms with van der Waals surface area (Å²) < 4.78 is 0. The second kappa shape index (κ2) is 7.89. The Morgan fingerprint density at radius 1 is 1.29 bits per heavy atom. The Kier molecular flexibility index (Phi) is 6.90. The number of rotatable bonds is 4. The number of nitrogens with one attached hydrogen (secondary N) is 1. The van der Waals surface area contributed by atoms with Crippen LogP contribution in [0.5, 0.6) is 0 Å². The van der Waals surface area contributed by atoms with Gasteiger partial charge < -0.3 is 15.1 Å². The molecule has 0 amide bonds. The van der Waals surface area contributed by atoms with Crippen molar-refractivity contribution in [2.75, 3.05) is 32.1 Å². The lowest BCUT2D eigenvalue weighted by atomic mass is 9.65. The molecule has 2 rings (SSSR count). The van der Waals surface area contributed by atoms with E-state index in [1.54, 1.807) is 0 Å². The zero-order valence-electron chi connectivity index (χ0n) is 16.1. The molecule has 1 fully saturated rings. The minimum Gasteiger partial charge on any atom is -0.363 e. The summed E-state index contributed by atoms with van der Waals surface area (Å²) in [5.41, 5.74) is 1.39. The van der Waals surface area contributed by atoms with Gasteiger partial charge in [-0.2, -0.15) is 0 Å². The van der Waals surface area contributed by atoms with Gasteiger partial charge in [-0.1, -0.05) is 19.9 Å². The third-order valence-corrected chi connectivity index (χ3v) is 5.12. The second-order valence-corrected chi connectivity index (χ2v) is 7.58. The van der Waals surface area contributed by atoms with Crippen LogP contribution in [0.15, 0.2) is 23.2 Å². The lowest BCUT2D eigenvalue weighted by Gasteiger charge is -2.62. The lowest BCUT2D eigenvalue weighted by molar-refractivity contribution is -0.0667. The van der Waals surface area contributed by atoms with Gasteiger partial charge in [0.15, 0.2) is 5.96 Å². The first-order valence-electron chi connectivity index (χ1n) is 8.38. The van der Waals surface area contributed by atoms with Gasteiger partial charge in [-0.05, 0) is 32.9 Å². The number of guanidine groups is 1. The fraction of sp³-hybridized carbons (Fsp3) is 0.667. The van der Waals surface area contributed by atoms with Gasteiger partial charge in [-0.25, -0.2) is 9.98 Å². The topological polar surface area (TPSA) is 43.8 Å². The van der Waals surface area contributed by atoms with Crippen molar-refractivity contribution in [3.8, 4) is 0 Å². The number of pyridine rings is 1. The zero-order chi connectivity index (χ0) is 17.3. The Hall–Kier alpha value is -1.05. The molecule has 0 spiro atoms. The Morgan fingerprint density at radius 2 is 1.96 bits per heavy atom. The van der Waals surface area contributed by atoms with E-state index in [2.05, 4.69) is 49.8 Å². The molecular weight excluding hydrogens is 413 g/mol. The predicted octanol–water partition coefficient (Wildman–Crippen LogP) is 3.35. The van der Waals surface area contributed by atoms with Crippen LogP contribution in [0.3, 0.4) is 0 Å². The molecule has 1 aliphatic heterocycles. The fourth-order valence-corrected chi connectivity index (χ4v) is 2.75. The van der Waals surface area contributed by atoms with Crippen molar-refractivity contribution in [1.82, 2.24) is 15.2 Å². The molecule has 0 aliphatic carbocycles. The molecule has 1 aromatic rings. The normalized spacial score (nSPS) is 18.5. The monoisotopic (exact) mass is 445 g/mol. The molecule has 0 unspecified atom stereocenters. The van der Waals surface area contributed by atoms with E-state index in [0.717, 1.165) is 30.6 Å². The average Bonchev–Trinajstić information content (AvgIpc) is 2.49. The average molecular weight is 445 g/mol. The number of aliphatic imine (C=N–C) groups is 1. The first kappa shape index (κ1) is 21.0. The summed E-state index contributed by atoms with van der Waals surface area (Å²) in [6.45, 7) is 13.8. The van der Waals surface area contributed by atoms with Crippen LogP contribution in [0.1, 0.15) is 40.3 Å². The van der Waals surface area contributed by atoms with E-state index >= 15 is 0 Å². The van der Waals surface area contributed by atoms with Crippen LogP contribution in [0, 0.1) is 5.41 Å². The molecule has 0 bridgehead atoms. The van der Waals surface area contributed by atoms with E-state index in [9.17, 15) is 0 Å². The molecule has 0 saturated carbocycles. The first-order valence-corrected chi connectivity index (χ1v) is 8.38. The van der Waals surface area contributed by atoms with Gasteiger partial charge in [0.1, 0.15) is 5.82 Å². The second-order valence-electron chi connectivity index (χ2n) is 7.58. The predicted molar refractivity (Wildman–Crippen MR) is 113 cm³/mol. The van der Waals surface area contributed by atoms with Crippen molar-refractivity contribution in [3.05, 3.63) is 23.9 Å². The number of halogens is 1. The molecule has 136 valence electrons. The largest absolute Gasteiger partial charge is 0.363 e. The summed E-state index contributed by atoms with van der Waals surface area (Å²) in [7, 11) is 4.01. The molecule has 0 radical (unpaired) electrons. The molecule has 5 nitrogen and oxygen atoms in total. The van der Waals surface area contributed by atoms with Crippen LogP contribution < -0.4 is 10.2 Å².